The van der Waals surface area contributed by atoms with E-state index in [0.717, 1.165) is 11.1 Å². The van der Waals surface area contributed by atoms with Crippen molar-refractivity contribution in [1.82, 2.24) is 0 Å². The van der Waals surface area contributed by atoms with Crippen LogP contribution < -0.4 is 68.9 Å². The second-order valence-corrected chi connectivity index (χ2v) is 3.41. The van der Waals surface area contributed by atoms with E-state index >= 15 is 0 Å². The molecule has 0 fully saturated rings. The molecule has 1 atom stereocenters. The maximum Gasteiger partial charge on any atom is 1.00 e. The average molecular weight is 302 g/mol. The van der Waals surface area contributed by atoms with Crippen LogP contribution in [0.15, 0.2) is 23.1 Å². The Morgan fingerprint density at radius 2 is 1.92 bits per heavy atom. The molecule has 4 heteroatoms. The third-order valence-electron chi connectivity index (χ3n) is 1.52. The Labute approximate surface area is 134 Å². The molecule has 1 aromatic carbocycles. The first-order valence-electron chi connectivity index (χ1n) is 3.28. The molecule has 0 aromatic heterocycles. The Bertz CT molecular complexity index is 299. The summed E-state index contributed by atoms with van der Waals surface area (Å²) in [7, 11) is 0. The summed E-state index contributed by atoms with van der Waals surface area (Å²) in [5, 5.41) is 0. The van der Waals surface area contributed by atoms with E-state index in [9.17, 15) is 8.76 Å². The van der Waals surface area contributed by atoms with Gasteiger partial charge in [-0.25, -0.2) is 0 Å². The fourth-order valence-corrected chi connectivity index (χ4v) is 1.50. The van der Waals surface area contributed by atoms with Crippen LogP contribution in [0.1, 0.15) is 11.1 Å². The Kier molecular flexibility index (Phi) is 6.67. The summed E-state index contributed by atoms with van der Waals surface area (Å²) in [4.78, 5) is 0.394. The van der Waals surface area contributed by atoms with E-state index in [1.165, 1.54) is 0 Å². The van der Waals surface area contributed by atoms with Gasteiger partial charge in [0.25, 0.3) is 0 Å². The SMILES string of the molecule is Cc1ccc(C)c(S(=O)[O-])c1.[Cs+]. The molecule has 0 amide bonds. The maximum atomic E-state index is 10.6. The summed E-state index contributed by atoms with van der Waals surface area (Å²) >= 11 is -2.10. The number of aryl methyl sites for hydroxylation is 2. The van der Waals surface area contributed by atoms with Crippen LogP contribution in [0.25, 0.3) is 0 Å². The molecule has 1 unspecified atom stereocenters. The van der Waals surface area contributed by atoms with Crippen LogP contribution in [0, 0.1) is 13.8 Å². The molecule has 12 heavy (non-hydrogen) atoms. The first-order valence-corrected chi connectivity index (χ1v) is 4.35. The zero-order valence-corrected chi connectivity index (χ0v) is 14.6. The quantitative estimate of drug-likeness (QED) is 0.595. The standard InChI is InChI=1S/C8H10O2S.Cs/c1-6-3-4-7(2)8(5-6)11(9)10;/h3-5H,1-2H3,(H,9,10);/q;+1/p-1. The van der Waals surface area contributed by atoms with Crippen molar-refractivity contribution in [2.45, 2.75) is 18.7 Å². The third-order valence-corrected chi connectivity index (χ3v) is 2.32. The second kappa shape index (κ2) is 5.98. The monoisotopic (exact) mass is 302 g/mol. The number of hydrogen-bond acceptors (Lipinski definition) is 2. The van der Waals surface area contributed by atoms with E-state index in [1.54, 1.807) is 19.1 Å². The largest absolute Gasteiger partial charge is 1.00 e. The van der Waals surface area contributed by atoms with Crippen molar-refractivity contribution in [3.8, 4) is 0 Å². The minimum Gasteiger partial charge on any atom is -0.768 e. The molecule has 0 heterocycles. The number of benzene rings is 1. The van der Waals surface area contributed by atoms with Gasteiger partial charge in [-0.2, -0.15) is 0 Å². The predicted octanol–water partition coefficient (Wildman–Crippen LogP) is -1.45. The van der Waals surface area contributed by atoms with Gasteiger partial charge in [0.05, 0.1) is 0 Å². The van der Waals surface area contributed by atoms with E-state index in [4.69, 9.17) is 0 Å². The van der Waals surface area contributed by atoms with Gasteiger partial charge in [0.2, 0.25) is 0 Å². The summed E-state index contributed by atoms with van der Waals surface area (Å²) in [6, 6.07) is 5.37. The van der Waals surface area contributed by atoms with Gasteiger partial charge in [-0.1, -0.05) is 12.1 Å². The van der Waals surface area contributed by atoms with E-state index in [0.29, 0.717) is 4.90 Å². The van der Waals surface area contributed by atoms with Crippen LogP contribution >= 0.6 is 0 Å². The van der Waals surface area contributed by atoms with Crippen LogP contribution in [0.5, 0.6) is 0 Å². The Morgan fingerprint density at radius 1 is 1.33 bits per heavy atom. The van der Waals surface area contributed by atoms with Crippen molar-refractivity contribution in [3.63, 3.8) is 0 Å². The minimum absolute atomic E-state index is 0. The summed E-state index contributed by atoms with van der Waals surface area (Å²) in [6.45, 7) is 3.65. The Hall–Kier alpha value is 1.38. The van der Waals surface area contributed by atoms with Crippen LogP contribution in [0.4, 0.5) is 0 Å². The minimum atomic E-state index is -2.10. The van der Waals surface area contributed by atoms with Gasteiger partial charge in [0.1, 0.15) is 0 Å². The summed E-state index contributed by atoms with van der Waals surface area (Å²) in [5.74, 6) is 0. The van der Waals surface area contributed by atoms with Crippen molar-refractivity contribution in [2.24, 2.45) is 0 Å². The van der Waals surface area contributed by atoms with Gasteiger partial charge in [0, 0.05) is 4.90 Å². The Balaban J connectivity index is 0.00000121. The first-order chi connectivity index (χ1) is 5.11. The molecular weight excluding hydrogens is 293 g/mol. The zero-order chi connectivity index (χ0) is 8.43. The molecule has 0 saturated heterocycles. The molecule has 1 aromatic rings. The normalized spacial score (nSPS) is 11.9. The third kappa shape index (κ3) is 3.63. The topological polar surface area (TPSA) is 40.1 Å². The maximum absolute atomic E-state index is 10.6. The van der Waals surface area contributed by atoms with E-state index in [-0.39, 0.29) is 68.9 Å². The van der Waals surface area contributed by atoms with Gasteiger partial charge in [0.15, 0.2) is 0 Å². The van der Waals surface area contributed by atoms with Crippen LogP contribution in [-0.2, 0) is 11.1 Å². The van der Waals surface area contributed by atoms with Crippen LogP contribution in [-0.4, -0.2) is 8.76 Å². The summed E-state index contributed by atoms with van der Waals surface area (Å²) < 4.78 is 21.1. The molecule has 0 aliphatic carbocycles. The van der Waals surface area contributed by atoms with Crippen LogP contribution in [0.3, 0.4) is 0 Å². The molecule has 1 rings (SSSR count). The van der Waals surface area contributed by atoms with Gasteiger partial charge >= 0.3 is 68.9 Å². The van der Waals surface area contributed by atoms with Gasteiger partial charge in [-0.05, 0) is 42.1 Å². The predicted molar refractivity (Wildman–Crippen MR) is 43.1 cm³/mol. The van der Waals surface area contributed by atoms with E-state index in [2.05, 4.69) is 0 Å². The van der Waals surface area contributed by atoms with Crippen molar-refractivity contribution in [1.29, 1.82) is 0 Å². The Morgan fingerprint density at radius 3 is 2.33 bits per heavy atom. The van der Waals surface area contributed by atoms with Gasteiger partial charge in [-0.3, -0.25) is 4.21 Å². The molecule has 0 N–H and O–H groups in total. The van der Waals surface area contributed by atoms with Crippen molar-refractivity contribution < 1.29 is 77.7 Å². The van der Waals surface area contributed by atoms with Gasteiger partial charge in [-0.15, -0.1) is 0 Å². The summed E-state index contributed by atoms with van der Waals surface area (Å²) in [6.07, 6.45) is 0. The van der Waals surface area contributed by atoms with Crippen molar-refractivity contribution in [3.05, 3.63) is 29.3 Å². The molecular formula is C8H9CsO2S. The molecule has 0 aliphatic rings. The average Bonchev–Trinajstić information content (AvgIpc) is 1.94. The fourth-order valence-electron chi connectivity index (χ4n) is 0.887. The fraction of sp³-hybridized carbons (Fsp3) is 0.250. The summed E-state index contributed by atoms with van der Waals surface area (Å²) in [5.41, 5.74) is 1.76. The molecule has 60 valence electrons. The zero-order valence-electron chi connectivity index (χ0n) is 7.46. The van der Waals surface area contributed by atoms with Crippen LogP contribution in [0.2, 0.25) is 0 Å². The van der Waals surface area contributed by atoms with Crippen molar-refractivity contribution >= 4 is 11.1 Å². The smallest absolute Gasteiger partial charge is 0.768 e. The molecule has 0 saturated carbocycles. The molecule has 0 aliphatic heterocycles. The number of rotatable bonds is 1. The molecule has 0 bridgehead atoms. The van der Waals surface area contributed by atoms with Gasteiger partial charge < -0.3 is 4.55 Å². The second-order valence-electron chi connectivity index (χ2n) is 2.50. The number of hydrogen-bond donors (Lipinski definition) is 0. The van der Waals surface area contributed by atoms with E-state index in [1.807, 2.05) is 13.0 Å². The first kappa shape index (κ1) is 13.4. The van der Waals surface area contributed by atoms with Crippen molar-refractivity contribution in [2.75, 3.05) is 0 Å². The molecule has 0 spiro atoms. The van der Waals surface area contributed by atoms with E-state index < -0.39 is 11.1 Å². The molecule has 2 nitrogen and oxygen atoms in total. The molecule has 0 radical (unpaired) electrons.